The number of ether oxygens (including phenoxy) is 1. The van der Waals surface area contributed by atoms with Crippen molar-refractivity contribution in [2.24, 2.45) is 0 Å². The number of furan rings is 1. The van der Waals surface area contributed by atoms with E-state index in [1.165, 1.54) is 0 Å². The number of esters is 1. The normalized spacial score (nSPS) is 13.8. The fourth-order valence-electron chi connectivity index (χ4n) is 3.64. The van der Waals surface area contributed by atoms with Crippen LogP contribution in [0.15, 0.2) is 46.9 Å². The van der Waals surface area contributed by atoms with Gasteiger partial charge < -0.3 is 14.1 Å². The summed E-state index contributed by atoms with van der Waals surface area (Å²) in [6.45, 7) is 2.05. The van der Waals surface area contributed by atoms with Gasteiger partial charge in [-0.05, 0) is 36.7 Å². The Morgan fingerprint density at radius 1 is 1.18 bits per heavy atom. The Hall–Kier alpha value is -2.01. The van der Waals surface area contributed by atoms with Crippen LogP contribution in [0.4, 0.5) is 0 Å². The van der Waals surface area contributed by atoms with Crippen molar-refractivity contribution in [3.05, 3.63) is 69.9 Å². The summed E-state index contributed by atoms with van der Waals surface area (Å²) in [4.78, 5) is 14.4. The van der Waals surface area contributed by atoms with Crippen LogP contribution in [0, 0.1) is 0 Å². The number of halogens is 2. The standard InChI is InChI=1S/C22H22ClNO3.ClH/c1-24-12-11-16-18(23)7-8-20-22(16)17(13-24)19(27-20)9-10-21(25)26-14-15-5-3-2-4-6-15;/h2-8H,9-14H2,1H3;1H. The largest absolute Gasteiger partial charge is 0.461 e. The maximum atomic E-state index is 12.2. The molecule has 6 heteroatoms. The average Bonchev–Trinajstić information content (AvgIpc) is 2.91. The van der Waals surface area contributed by atoms with Crippen molar-refractivity contribution in [3.63, 3.8) is 0 Å². The SMILES string of the molecule is CN1CCc2c(Cl)ccc3oc(CCC(=O)OCc4ccccc4)c(c23)C1.Cl. The molecule has 0 saturated carbocycles. The van der Waals surface area contributed by atoms with E-state index < -0.39 is 0 Å². The van der Waals surface area contributed by atoms with Crippen molar-refractivity contribution in [2.45, 2.75) is 32.4 Å². The lowest BCUT2D eigenvalue weighted by molar-refractivity contribution is -0.145. The third kappa shape index (κ3) is 4.35. The topological polar surface area (TPSA) is 42.7 Å². The summed E-state index contributed by atoms with van der Waals surface area (Å²) < 4.78 is 11.5. The van der Waals surface area contributed by atoms with Crippen LogP contribution in [0.1, 0.15) is 28.9 Å². The van der Waals surface area contributed by atoms with Crippen LogP contribution in [0.25, 0.3) is 11.0 Å². The highest BCUT2D eigenvalue weighted by Crippen LogP contribution is 2.36. The molecular formula is C22H23Cl2NO3. The van der Waals surface area contributed by atoms with Crippen molar-refractivity contribution in [3.8, 4) is 0 Å². The van der Waals surface area contributed by atoms with Crippen LogP contribution in [0.5, 0.6) is 0 Å². The predicted octanol–water partition coefficient (Wildman–Crippen LogP) is 5.17. The zero-order chi connectivity index (χ0) is 18.8. The third-order valence-electron chi connectivity index (χ3n) is 5.06. The van der Waals surface area contributed by atoms with Crippen molar-refractivity contribution >= 4 is 40.9 Å². The van der Waals surface area contributed by atoms with Crippen molar-refractivity contribution in [1.29, 1.82) is 0 Å². The number of carbonyl (C=O) groups is 1. The van der Waals surface area contributed by atoms with Gasteiger partial charge in [-0.2, -0.15) is 0 Å². The highest BCUT2D eigenvalue weighted by Gasteiger charge is 2.23. The van der Waals surface area contributed by atoms with E-state index in [1.807, 2.05) is 42.5 Å². The van der Waals surface area contributed by atoms with E-state index >= 15 is 0 Å². The summed E-state index contributed by atoms with van der Waals surface area (Å²) >= 11 is 6.43. The van der Waals surface area contributed by atoms with Gasteiger partial charge in [0, 0.05) is 35.5 Å². The smallest absolute Gasteiger partial charge is 0.306 e. The molecule has 3 aromatic rings. The Morgan fingerprint density at radius 2 is 1.96 bits per heavy atom. The van der Waals surface area contributed by atoms with Gasteiger partial charge in [-0.1, -0.05) is 41.9 Å². The van der Waals surface area contributed by atoms with Crippen LogP contribution in [-0.2, 0) is 35.5 Å². The number of aryl methyl sites for hydroxylation is 1. The van der Waals surface area contributed by atoms with E-state index in [0.29, 0.717) is 19.4 Å². The highest BCUT2D eigenvalue weighted by molar-refractivity contribution is 6.32. The molecule has 2 heterocycles. The molecule has 0 atom stereocenters. The Morgan fingerprint density at radius 3 is 2.75 bits per heavy atom. The molecule has 148 valence electrons. The second-order valence-corrected chi connectivity index (χ2v) is 7.44. The maximum Gasteiger partial charge on any atom is 0.306 e. The number of nitrogens with zero attached hydrogens (tertiary/aromatic N) is 1. The summed E-state index contributed by atoms with van der Waals surface area (Å²) in [7, 11) is 2.09. The van der Waals surface area contributed by atoms with Gasteiger partial charge in [0.1, 0.15) is 18.0 Å². The molecule has 0 aliphatic carbocycles. The van der Waals surface area contributed by atoms with Crippen LogP contribution in [-0.4, -0.2) is 24.5 Å². The van der Waals surface area contributed by atoms with E-state index in [0.717, 1.165) is 58.0 Å². The molecule has 1 aromatic heterocycles. The Kier molecular flexibility index (Phi) is 6.65. The van der Waals surface area contributed by atoms with Gasteiger partial charge in [-0.3, -0.25) is 4.79 Å². The lowest BCUT2D eigenvalue weighted by Crippen LogP contribution is -2.19. The molecule has 4 nitrogen and oxygen atoms in total. The van der Waals surface area contributed by atoms with Gasteiger partial charge in [0.05, 0.1) is 6.42 Å². The van der Waals surface area contributed by atoms with Gasteiger partial charge in [-0.15, -0.1) is 12.4 Å². The number of carbonyl (C=O) groups excluding carboxylic acids is 1. The molecule has 0 unspecified atom stereocenters. The Labute approximate surface area is 175 Å². The first kappa shape index (κ1) is 20.7. The van der Waals surface area contributed by atoms with Crippen LogP contribution in [0.2, 0.25) is 5.02 Å². The molecule has 0 spiro atoms. The summed E-state index contributed by atoms with van der Waals surface area (Å²) in [5.41, 5.74) is 4.14. The zero-order valence-corrected chi connectivity index (χ0v) is 17.3. The van der Waals surface area contributed by atoms with Crippen molar-refractivity contribution < 1.29 is 13.9 Å². The van der Waals surface area contributed by atoms with Crippen molar-refractivity contribution in [1.82, 2.24) is 4.90 Å². The molecule has 1 aliphatic heterocycles. The van der Waals surface area contributed by atoms with E-state index in [-0.39, 0.29) is 18.4 Å². The fourth-order valence-corrected chi connectivity index (χ4v) is 3.89. The van der Waals surface area contributed by atoms with Crippen LogP contribution in [0.3, 0.4) is 0 Å². The quantitative estimate of drug-likeness (QED) is 0.534. The van der Waals surface area contributed by atoms with E-state index in [9.17, 15) is 4.79 Å². The number of hydrogen-bond acceptors (Lipinski definition) is 4. The van der Waals surface area contributed by atoms with Gasteiger partial charge >= 0.3 is 5.97 Å². The number of benzene rings is 2. The fraction of sp³-hybridized carbons (Fsp3) is 0.318. The van der Waals surface area contributed by atoms with Crippen molar-refractivity contribution in [2.75, 3.05) is 13.6 Å². The van der Waals surface area contributed by atoms with Crippen LogP contribution < -0.4 is 0 Å². The second kappa shape index (κ2) is 8.99. The minimum absolute atomic E-state index is 0. The molecule has 2 aromatic carbocycles. The average molecular weight is 420 g/mol. The predicted molar refractivity (Wildman–Crippen MR) is 113 cm³/mol. The summed E-state index contributed by atoms with van der Waals surface area (Å²) in [6, 6.07) is 13.5. The first-order valence-electron chi connectivity index (χ1n) is 9.21. The van der Waals surface area contributed by atoms with Gasteiger partial charge in [-0.25, -0.2) is 0 Å². The highest BCUT2D eigenvalue weighted by atomic mass is 35.5. The first-order chi connectivity index (χ1) is 13.1. The molecule has 4 rings (SSSR count). The molecule has 0 fully saturated rings. The summed E-state index contributed by atoms with van der Waals surface area (Å²) in [5.74, 6) is 0.644. The monoisotopic (exact) mass is 419 g/mol. The first-order valence-corrected chi connectivity index (χ1v) is 9.59. The zero-order valence-electron chi connectivity index (χ0n) is 15.7. The van der Waals surface area contributed by atoms with Gasteiger partial charge in [0.2, 0.25) is 0 Å². The summed E-state index contributed by atoms with van der Waals surface area (Å²) in [6.07, 6.45) is 1.73. The molecule has 0 radical (unpaired) electrons. The van der Waals surface area contributed by atoms with E-state index in [4.69, 9.17) is 20.8 Å². The van der Waals surface area contributed by atoms with E-state index in [2.05, 4.69) is 11.9 Å². The summed E-state index contributed by atoms with van der Waals surface area (Å²) in [5, 5.41) is 1.91. The minimum atomic E-state index is -0.216. The Balaban J connectivity index is 0.00000225. The number of rotatable bonds is 5. The Bertz CT molecular complexity index is 969. The van der Waals surface area contributed by atoms with Crippen LogP contribution >= 0.6 is 24.0 Å². The molecule has 0 saturated heterocycles. The lowest BCUT2D eigenvalue weighted by Gasteiger charge is -2.13. The molecule has 0 amide bonds. The second-order valence-electron chi connectivity index (χ2n) is 7.04. The third-order valence-corrected chi connectivity index (χ3v) is 5.41. The van der Waals surface area contributed by atoms with Gasteiger partial charge in [0.15, 0.2) is 0 Å². The maximum absolute atomic E-state index is 12.2. The van der Waals surface area contributed by atoms with E-state index in [1.54, 1.807) is 0 Å². The minimum Gasteiger partial charge on any atom is -0.461 e. The van der Waals surface area contributed by atoms with Gasteiger partial charge in [0.25, 0.3) is 0 Å². The number of hydrogen-bond donors (Lipinski definition) is 0. The molecular weight excluding hydrogens is 397 g/mol. The molecule has 0 N–H and O–H groups in total. The number of likely N-dealkylation sites (N-methyl/N-ethyl adjacent to an activating group) is 1. The lowest BCUT2D eigenvalue weighted by atomic mass is 10.0. The molecule has 0 bridgehead atoms. The molecule has 1 aliphatic rings. The molecule has 28 heavy (non-hydrogen) atoms.